The van der Waals surface area contributed by atoms with Gasteiger partial charge in [0.2, 0.25) is 0 Å². The number of ether oxygens (including phenoxy) is 1. The average molecular weight is 338 g/mol. The van der Waals surface area contributed by atoms with Crippen molar-refractivity contribution >= 4 is 21.9 Å². The molecule has 1 aromatic carbocycles. The van der Waals surface area contributed by atoms with Gasteiger partial charge in [-0.05, 0) is 58.6 Å². The van der Waals surface area contributed by atoms with Crippen LogP contribution >= 0.6 is 15.9 Å². The quantitative estimate of drug-likeness (QED) is 0.615. The molecule has 0 saturated carbocycles. The molecule has 1 aromatic heterocycles. The van der Waals surface area contributed by atoms with Crippen molar-refractivity contribution in [3.8, 4) is 0 Å². The fourth-order valence-corrected chi connectivity index (χ4v) is 2.23. The highest BCUT2D eigenvalue weighted by Crippen LogP contribution is 2.19. The summed E-state index contributed by atoms with van der Waals surface area (Å²) in [5.74, 6) is -0.854. The van der Waals surface area contributed by atoms with Gasteiger partial charge >= 0.3 is 5.97 Å². The van der Waals surface area contributed by atoms with Gasteiger partial charge in [-0.2, -0.15) is 0 Å². The summed E-state index contributed by atoms with van der Waals surface area (Å²) in [6.07, 6.45) is 5.02. The lowest BCUT2D eigenvalue weighted by atomic mass is 10.2. The number of aromatic nitrogens is 1. The first-order valence-corrected chi connectivity index (χ1v) is 6.97. The molecule has 0 atom stereocenters. The molecular formula is C15H13BrFNO2. The van der Waals surface area contributed by atoms with Crippen LogP contribution in [-0.4, -0.2) is 17.6 Å². The number of nitrogens with zero attached hydrogens (tertiary/aromatic N) is 1. The predicted molar refractivity (Wildman–Crippen MR) is 76.9 cm³/mol. The zero-order chi connectivity index (χ0) is 14.4. The van der Waals surface area contributed by atoms with E-state index in [0.29, 0.717) is 16.6 Å². The summed E-state index contributed by atoms with van der Waals surface area (Å²) < 4.78 is 18.5. The Bertz CT molecular complexity index is 590. The van der Waals surface area contributed by atoms with E-state index < -0.39 is 11.8 Å². The van der Waals surface area contributed by atoms with Crippen LogP contribution in [0.4, 0.5) is 4.39 Å². The number of hydrogen-bond donors (Lipinski definition) is 0. The van der Waals surface area contributed by atoms with Gasteiger partial charge in [-0.3, -0.25) is 4.98 Å². The summed E-state index contributed by atoms with van der Waals surface area (Å²) in [4.78, 5) is 15.8. The molecule has 0 aliphatic heterocycles. The molecule has 0 fully saturated rings. The standard InChI is InChI=1S/C15H13BrFNO2/c16-14-9-12(17)5-6-13(14)15(19)20-8-2-4-11-3-1-7-18-10-11/h1,3,5-7,9-10H,2,4,8H2. The summed E-state index contributed by atoms with van der Waals surface area (Å²) in [5, 5.41) is 0. The number of carbonyl (C=O) groups is 1. The zero-order valence-corrected chi connectivity index (χ0v) is 12.3. The molecule has 0 aliphatic rings. The predicted octanol–water partition coefficient (Wildman–Crippen LogP) is 3.77. The Balaban J connectivity index is 1.80. The van der Waals surface area contributed by atoms with Crippen LogP contribution in [0.1, 0.15) is 22.3 Å². The maximum absolute atomic E-state index is 12.9. The van der Waals surface area contributed by atoms with Crippen molar-refractivity contribution in [2.24, 2.45) is 0 Å². The molecule has 0 unspecified atom stereocenters. The molecule has 3 nitrogen and oxygen atoms in total. The first-order chi connectivity index (χ1) is 9.66. The van der Waals surface area contributed by atoms with E-state index in [9.17, 15) is 9.18 Å². The van der Waals surface area contributed by atoms with E-state index in [4.69, 9.17) is 4.74 Å². The van der Waals surface area contributed by atoms with Gasteiger partial charge in [-0.15, -0.1) is 0 Å². The first kappa shape index (κ1) is 14.7. The second-order valence-electron chi connectivity index (χ2n) is 4.22. The molecule has 0 aliphatic carbocycles. The van der Waals surface area contributed by atoms with E-state index in [2.05, 4.69) is 20.9 Å². The number of hydrogen-bond acceptors (Lipinski definition) is 3. The third-order valence-electron chi connectivity index (χ3n) is 2.72. The number of esters is 1. The molecule has 0 amide bonds. The Morgan fingerprint density at radius 1 is 1.35 bits per heavy atom. The monoisotopic (exact) mass is 337 g/mol. The van der Waals surface area contributed by atoms with Crippen LogP contribution in [0.5, 0.6) is 0 Å². The smallest absolute Gasteiger partial charge is 0.339 e. The van der Waals surface area contributed by atoms with Crippen LogP contribution in [0.2, 0.25) is 0 Å². The van der Waals surface area contributed by atoms with E-state index >= 15 is 0 Å². The van der Waals surface area contributed by atoms with Crippen molar-refractivity contribution in [2.75, 3.05) is 6.61 Å². The van der Waals surface area contributed by atoms with E-state index in [1.54, 1.807) is 12.4 Å². The summed E-state index contributed by atoms with van der Waals surface area (Å²) in [7, 11) is 0. The number of pyridine rings is 1. The molecule has 20 heavy (non-hydrogen) atoms. The van der Waals surface area contributed by atoms with E-state index in [0.717, 1.165) is 18.4 Å². The Hall–Kier alpha value is -1.75. The summed E-state index contributed by atoms with van der Waals surface area (Å²) in [5.41, 5.74) is 1.43. The number of rotatable bonds is 5. The second kappa shape index (κ2) is 7.14. The van der Waals surface area contributed by atoms with Gasteiger partial charge in [-0.1, -0.05) is 6.07 Å². The molecule has 0 radical (unpaired) electrons. The molecule has 5 heteroatoms. The fourth-order valence-electron chi connectivity index (χ4n) is 1.72. The molecule has 2 rings (SSSR count). The summed E-state index contributed by atoms with van der Waals surface area (Å²) in [6.45, 7) is 0.317. The topological polar surface area (TPSA) is 39.2 Å². The lowest BCUT2D eigenvalue weighted by Gasteiger charge is -2.06. The van der Waals surface area contributed by atoms with Crippen molar-refractivity contribution in [1.82, 2.24) is 4.98 Å². The van der Waals surface area contributed by atoms with Crippen LogP contribution in [0.25, 0.3) is 0 Å². The number of benzene rings is 1. The van der Waals surface area contributed by atoms with E-state index in [-0.39, 0.29) is 0 Å². The van der Waals surface area contributed by atoms with Gasteiger partial charge in [0.25, 0.3) is 0 Å². The van der Waals surface area contributed by atoms with Crippen LogP contribution in [0.15, 0.2) is 47.2 Å². The molecule has 2 aromatic rings. The molecule has 0 bridgehead atoms. The van der Waals surface area contributed by atoms with Crippen LogP contribution in [0, 0.1) is 5.82 Å². The SMILES string of the molecule is O=C(OCCCc1cccnc1)c1ccc(F)cc1Br. The fraction of sp³-hybridized carbons (Fsp3) is 0.200. The Kier molecular flexibility index (Phi) is 5.24. The van der Waals surface area contributed by atoms with Gasteiger partial charge < -0.3 is 4.74 Å². The van der Waals surface area contributed by atoms with Gasteiger partial charge in [0.15, 0.2) is 0 Å². The number of aryl methyl sites for hydroxylation is 1. The largest absolute Gasteiger partial charge is 0.462 e. The summed E-state index contributed by atoms with van der Waals surface area (Å²) >= 11 is 3.14. The maximum Gasteiger partial charge on any atom is 0.339 e. The number of halogens is 2. The first-order valence-electron chi connectivity index (χ1n) is 6.18. The molecule has 0 N–H and O–H groups in total. The van der Waals surface area contributed by atoms with Crippen LogP contribution in [-0.2, 0) is 11.2 Å². The lowest BCUT2D eigenvalue weighted by molar-refractivity contribution is 0.0499. The Labute approximate surface area is 124 Å². The van der Waals surface area contributed by atoms with Gasteiger partial charge in [0, 0.05) is 16.9 Å². The highest BCUT2D eigenvalue weighted by Gasteiger charge is 2.11. The van der Waals surface area contributed by atoms with Crippen molar-refractivity contribution in [3.63, 3.8) is 0 Å². The minimum atomic E-state index is -0.455. The molecule has 0 spiro atoms. The van der Waals surface area contributed by atoms with Crippen LogP contribution < -0.4 is 0 Å². The van der Waals surface area contributed by atoms with E-state index in [1.807, 2.05) is 12.1 Å². The normalized spacial score (nSPS) is 10.3. The van der Waals surface area contributed by atoms with Crippen molar-refractivity contribution in [2.45, 2.75) is 12.8 Å². The summed E-state index contributed by atoms with van der Waals surface area (Å²) in [6, 6.07) is 7.73. The highest BCUT2D eigenvalue weighted by molar-refractivity contribution is 9.10. The maximum atomic E-state index is 12.9. The lowest BCUT2D eigenvalue weighted by Crippen LogP contribution is -2.08. The van der Waals surface area contributed by atoms with Crippen molar-refractivity contribution < 1.29 is 13.9 Å². The van der Waals surface area contributed by atoms with Gasteiger partial charge in [0.1, 0.15) is 5.82 Å². The van der Waals surface area contributed by atoms with Crippen LogP contribution in [0.3, 0.4) is 0 Å². The second-order valence-corrected chi connectivity index (χ2v) is 5.08. The van der Waals surface area contributed by atoms with Crippen molar-refractivity contribution in [3.05, 3.63) is 64.1 Å². The van der Waals surface area contributed by atoms with E-state index in [1.165, 1.54) is 18.2 Å². The minimum absolute atomic E-state index is 0.317. The zero-order valence-electron chi connectivity index (χ0n) is 10.7. The van der Waals surface area contributed by atoms with Crippen molar-refractivity contribution in [1.29, 1.82) is 0 Å². The molecule has 0 saturated heterocycles. The third-order valence-corrected chi connectivity index (χ3v) is 3.37. The van der Waals surface area contributed by atoms with Gasteiger partial charge in [0.05, 0.1) is 12.2 Å². The number of carbonyl (C=O) groups excluding carboxylic acids is 1. The molecule has 1 heterocycles. The van der Waals surface area contributed by atoms with Gasteiger partial charge in [-0.25, -0.2) is 9.18 Å². The third kappa shape index (κ3) is 4.13. The molecule has 104 valence electrons. The minimum Gasteiger partial charge on any atom is -0.462 e. The average Bonchev–Trinajstić information content (AvgIpc) is 2.44. The Morgan fingerprint density at radius 3 is 2.90 bits per heavy atom. The highest BCUT2D eigenvalue weighted by atomic mass is 79.9. The Morgan fingerprint density at radius 2 is 2.20 bits per heavy atom. The molecular weight excluding hydrogens is 325 g/mol.